The zero-order valence-corrected chi connectivity index (χ0v) is 25.7. The molecule has 4 nitrogen and oxygen atoms in total. The first-order chi connectivity index (χ1) is 17.9. The Morgan fingerprint density at radius 3 is 1.69 bits per heavy atom. The Labute approximate surface area is 241 Å². The maximum absolute atomic E-state index is 10.7. The van der Waals surface area contributed by atoms with Crippen LogP contribution < -0.4 is 9.30 Å². The molecule has 2 aromatic rings. The van der Waals surface area contributed by atoms with Crippen molar-refractivity contribution in [3.05, 3.63) is 89.3 Å². The molecule has 0 atom stereocenters. The molecule has 2 aromatic heterocycles. The Morgan fingerprint density at radius 2 is 1.36 bits per heavy atom. The molecular formula is C35H59N3O+2. The number of rotatable bonds is 4. The van der Waals surface area contributed by atoms with E-state index >= 15 is 0 Å². The third-order valence-electron chi connectivity index (χ3n) is 7.17. The molecular weight excluding hydrogens is 478 g/mol. The minimum atomic E-state index is 0. The van der Waals surface area contributed by atoms with Crippen LogP contribution in [-0.4, -0.2) is 17.8 Å². The quantitative estimate of drug-likeness (QED) is 0.285. The summed E-state index contributed by atoms with van der Waals surface area (Å²) >= 11 is 0. The predicted octanol–water partition coefficient (Wildman–Crippen LogP) is 8.36. The van der Waals surface area contributed by atoms with Gasteiger partial charge in [0, 0.05) is 29.3 Å². The first-order valence-electron chi connectivity index (χ1n) is 14.5. The second kappa shape index (κ2) is 19.3. The lowest BCUT2D eigenvalue weighted by molar-refractivity contribution is -0.672. The molecule has 1 aliphatic carbocycles. The smallest absolute Gasteiger partial charge is 0.183 e. The van der Waals surface area contributed by atoms with Crippen LogP contribution in [0.25, 0.3) is 0 Å². The minimum Gasteiger partial charge on any atom is -0.619 e. The van der Waals surface area contributed by atoms with E-state index in [-0.39, 0.29) is 7.43 Å². The van der Waals surface area contributed by atoms with Crippen LogP contribution in [0.4, 0.5) is 0 Å². The Bertz CT molecular complexity index is 963. The van der Waals surface area contributed by atoms with Crippen molar-refractivity contribution >= 4 is 6.72 Å². The van der Waals surface area contributed by atoms with Crippen LogP contribution in [-0.2, 0) is 7.05 Å². The standard InChI is InChI=1S/2C9H14N.C8H11NO.C8H16.CH4/c2*1-8(2)9-5-4-6-10(3)7-9;1-7(2)8-4-3-5-9(10)6-8;1-7(2)8-5-3-4-6-8;/h4-8H,1-3H3;4-6,8H,3,7H2,1-2H3;3-7H,1-2H3;7-8H,3-6H2,1-2H3;1H4/q2*+1;;;. The number of nitrogens with zero attached hydrogens (tertiary/aromatic N) is 3. The Hall–Kier alpha value is -2.75. The number of hydrogen-bond acceptors (Lipinski definition) is 1. The zero-order valence-electron chi connectivity index (χ0n) is 25.7. The SMILES string of the molecule is C.C=[N+]1C=CC=C(C(C)C)C1.CC(C)C1CCCC1.CC(C)c1ccc[n+](C)c1.CC(C)c1ccc[n+]([O-])c1. The van der Waals surface area contributed by atoms with Crippen LogP contribution in [0.1, 0.15) is 111 Å². The van der Waals surface area contributed by atoms with Crippen LogP contribution >= 0.6 is 0 Å². The first kappa shape index (κ1) is 36.2. The van der Waals surface area contributed by atoms with Gasteiger partial charge in [-0.15, -0.1) is 0 Å². The van der Waals surface area contributed by atoms with Gasteiger partial charge in [0.2, 0.25) is 0 Å². The van der Waals surface area contributed by atoms with Crippen molar-refractivity contribution in [2.24, 2.45) is 24.8 Å². The number of aromatic nitrogens is 2. The third-order valence-corrected chi connectivity index (χ3v) is 7.17. The van der Waals surface area contributed by atoms with E-state index in [1.54, 1.807) is 12.3 Å². The molecule has 0 unspecified atom stereocenters. The van der Waals surface area contributed by atoms with Gasteiger partial charge in [-0.05, 0) is 47.3 Å². The van der Waals surface area contributed by atoms with Crippen molar-refractivity contribution < 1.29 is 13.9 Å². The summed E-state index contributed by atoms with van der Waals surface area (Å²) in [6.07, 6.45) is 19.5. The highest BCUT2D eigenvalue weighted by Crippen LogP contribution is 2.30. The largest absolute Gasteiger partial charge is 0.619 e. The Kier molecular flexibility index (Phi) is 18.0. The molecule has 1 fully saturated rings. The summed E-state index contributed by atoms with van der Waals surface area (Å²) in [7, 11) is 2.05. The van der Waals surface area contributed by atoms with E-state index in [1.807, 2.05) is 36.2 Å². The van der Waals surface area contributed by atoms with E-state index in [2.05, 4.69) is 91.1 Å². The van der Waals surface area contributed by atoms with Gasteiger partial charge < -0.3 is 5.21 Å². The van der Waals surface area contributed by atoms with Gasteiger partial charge in [-0.2, -0.15) is 4.73 Å². The van der Waals surface area contributed by atoms with Crippen molar-refractivity contribution in [1.29, 1.82) is 0 Å². The number of hydrogen-bond donors (Lipinski definition) is 0. The van der Waals surface area contributed by atoms with E-state index in [0.29, 0.717) is 17.8 Å². The van der Waals surface area contributed by atoms with Crippen LogP contribution in [0.5, 0.6) is 0 Å². The van der Waals surface area contributed by atoms with E-state index in [9.17, 15) is 5.21 Å². The number of aryl methyl sites for hydroxylation is 1. The summed E-state index contributed by atoms with van der Waals surface area (Å²) in [5.41, 5.74) is 3.93. The van der Waals surface area contributed by atoms with Gasteiger partial charge in [0.1, 0.15) is 13.8 Å². The molecule has 1 aliphatic heterocycles. The van der Waals surface area contributed by atoms with Gasteiger partial charge in [0.05, 0.1) is 0 Å². The van der Waals surface area contributed by atoms with Crippen molar-refractivity contribution in [2.45, 2.75) is 100 Å². The molecule has 0 N–H and O–H groups in total. The fourth-order valence-corrected chi connectivity index (χ4v) is 4.39. The van der Waals surface area contributed by atoms with Gasteiger partial charge in [0.25, 0.3) is 0 Å². The lowest BCUT2D eigenvalue weighted by atomic mass is 9.95. The second-order valence-electron chi connectivity index (χ2n) is 11.9. The topological polar surface area (TPSA) is 33.8 Å². The molecule has 0 amide bonds. The van der Waals surface area contributed by atoms with Crippen molar-refractivity contribution in [1.82, 2.24) is 0 Å². The van der Waals surface area contributed by atoms with Crippen LogP contribution in [0.3, 0.4) is 0 Å². The van der Waals surface area contributed by atoms with Crippen LogP contribution in [0, 0.1) is 23.0 Å². The summed E-state index contributed by atoms with van der Waals surface area (Å²) in [6.45, 7) is 22.5. The zero-order chi connectivity index (χ0) is 28.7. The highest BCUT2D eigenvalue weighted by atomic mass is 16.5. The fourth-order valence-electron chi connectivity index (χ4n) is 4.39. The summed E-state index contributed by atoms with van der Waals surface area (Å²) in [5, 5.41) is 10.7. The summed E-state index contributed by atoms with van der Waals surface area (Å²) in [6, 6.07) is 7.96. The average molecular weight is 538 g/mol. The van der Waals surface area contributed by atoms with Crippen molar-refractivity contribution in [2.75, 3.05) is 6.54 Å². The highest BCUT2D eigenvalue weighted by molar-refractivity contribution is 5.22. The fraction of sp³-hybridized carbons (Fsp3) is 0.571. The molecule has 0 spiro atoms. The highest BCUT2D eigenvalue weighted by Gasteiger charge is 2.17. The number of allylic oxidation sites excluding steroid dienone is 2. The van der Waals surface area contributed by atoms with Crippen molar-refractivity contribution in [3.63, 3.8) is 0 Å². The maximum atomic E-state index is 10.7. The van der Waals surface area contributed by atoms with Gasteiger partial charge >= 0.3 is 0 Å². The number of pyridine rings is 2. The van der Waals surface area contributed by atoms with Gasteiger partial charge in [0.15, 0.2) is 37.5 Å². The molecule has 1 saturated carbocycles. The van der Waals surface area contributed by atoms with E-state index < -0.39 is 0 Å². The minimum absolute atomic E-state index is 0. The monoisotopic (exact) mass is 537 g/mol. The molecule has 4 heteroatoms. The third kappa shape index (κ3) is 15.4. The summed E-state index contributed by atoms with van der Waals surface area (Å²) in [4.78, 5) is 0. The van der Waals surface area contributed by atoms with Gasteiger partial charge in [-0.25, -0.2) is 9.14 Å². The summed E-state index contributed by atoms with van der Waals surface area (Å²) in [5.74, 6) is 3.72. The van der Waals surface area contributed by atoms with E-state index in [4.69, 9.17) is 0 Å². The maximum Gasteiger partial charge on any atom is 0.183 e. The second-order valence-corrected chi connectivity index (χ2v) is 11.9. The van der Waals surface area contributed by atoms with Crippen molar-refractivity contribution in [3.8, 4) is 0 Å². The molecule has 0 aromatic carbocycles. The molecule has 0 saturated heterocycles. The van der Waals surface area contributed by atoms with E-state index in [1.165, 1.54) is 43.0 Å². The van der Waals surface area contributed by atoms with Crippen LogP contribution in [0.15, 0.2) is 73.0 Å². The summed E-state index contributed by atoms with van der Waals surface area (Å²) < 4.78 is 4.86. The molecule has 2 aliphatic rings. The van der Waals surface area contributed by atoms with Gasteiger partial charge in [-0.1, -0.05) is 94.6 Å². The lowest BCUT2D eigenvalue weighted by Crippen LogP contribution is -2.27. The normalized spacial score (nSPS) is 14.6. The molecule has 4 rings (SSSR count). The van der Waals surface area contributed by atoms with Gasteiger partial charge in [-0.3, -0.25) is 0 Å². The molecule has 0 radical (unpaired) electrons. The van der Waals surface area contributed by atoms with Crippen LogP contribution in [0.2, 0.25) is 0 Å². The molecule has 0 bridgehead atoms. The first-order valence-corrected chi connectivity index (χ1v) is 14.5. The molecule has 39 heavy (non-hydrogen) atoms. The molecule has 3 heterocycles. The molecule has 218 valence electrons. The van der Waals surface area contributed by atoms with E-state index in [0.717, 1.165) is 28.7 Å². The Morgan fingerprint density at radius 1 is 0.821 bits per heavy atom. The Balaban J connectivity index is 0.000000491. The predicted molar refractivity (Wildman–Crippen MR) is 169 cm³/mol. The lowest BCUT2D eigenvalue weighted by Gasteiger charge is -2.11. The average Bonchev–Trinajstić information content (AvgIpc) is 3.41.